The van der Waals surface area contributed by atoms with E-state index in [1.165, 1.54) is 4.31 Å². The Hall–Kier alpha value is -2.39. The second-order valence-electron chi connectivity index (χ2n) is 8.92. The topological polar surface area (TPSA) is 68.9 Å². The molecular weight excluding hydrogens is 436 g/mol. The number of hydrogen-bond acceptors (Lipinski definition) is 5. The van der Waals surface area contributed by atoms with Gasteiger partial charge in [-0.05, 0) is 43.2 Å². The Balaban J connectivity index is 1.46. The summed E-state index contributed by atoms with van der Waals surface area (Å²) in [7, 11) is -1.92. The standard InChI is InChI=1S/C25H32N4O3S/c1-27(12-13-28-14-16-32-17-15-28)33(30,31)21-8-9-25(29-10-4-5-11-29)22(19-21)24-18-20-6-2-3-7-23(20)26-24/h2-3,6-9,18-19,26H,4-5,10-17H2,1H3. The molecule has 2 aliphatic rings. The van der Waals surface area contributed by atoms with Gasteiger partial charge < -0.3 is 14.6 Å². The number of H-pyrrole nitrogens is 1. The molecule has 1 N–H and O–H groups in total. The van der Waals surface area contributed by atoms with Crippen LogP contribution in [0.2, 0.25) is 0 Å². The van der Waals surface area contributed by atoms with Gasteiger partial charge in [-0.2, -0.15) is 4.31 Å². The Morgan fingerprint density at radius 1 is 1.00 bits per heavy atom. The molecule has 0 atom stereocenters. The number of aromatic amines is 1. The lowest BCUT2D eigenvalue weighted by molar-refractivity contribution is 0.0368. The van der Waals surface area contributed by atoms with Crippen molar-refractivity contribution in [3.63, 3.8) is 0 Å². The summed E-state index contributed by atoms with van der Waals surface area (Å²) in [6.07, 6.45) is 2.33. The van der Waals surface area contributed by atoms with Gasteiger partial charge in [0, 0.05) is 74.2 Å². The normalized spacial score (nSPS) is 17.9. The highest BCUT2D eigenvalue weighted by Gasteiger charge is 2.25. The predicted molar refractivity (Wildman–Crippen MR) is 132 cm³/mol. The van der Waals surface area contributed by atoms with Crippen molar-refractivity contribution >= 4 is 26.6 Å². The molecule has 3 heterocycles. The molecule has 5 rings (SSSR count). The molecule has 2 fully saturated rings. The number of ether oxygens (including phenoxy) is 1. The second kappa shape index (κ2) is 9.46. The SMILES string of the molecule is CN(CCN1CCOCC1)S(=O)(=O)c1ccc(N2CCCC2)c(-c2cc3ccccc3[nH]2)c1. The lowest BCUT2D eigenvalue weighted by Crippen LogP contribution is -2.41. The molecule has 8 heteroatoms. The highest BCUT2D eigenvalue weighted by Crippen LogP contribution is 2.36. The molecule has 0 radical (unpaired) electrons. The maximum atomic E-state index is 13.5. The molecule has 0 saturated carbocycles. The van der Waals surface area contributed by atoms with Gasteiger partial charge in [-0.25, -0.2) is 8.42 Å². The van der Waals surface area contributed by atoms with Crippen LogP contribution < -0.4 is 4.90 Å². The summed E-state index contributed by atoms with van der Waals surface area (Å²) in [5.74, 6) is 0. The molecule has 2 saturated heterocycles. The van der Waals surface area contributed by atoms with Crippen molar-refractivity contribution in [3.8, 4) is 11.3 Å². The maximum absolute atomic E-state index is 13.5. The summed E-state index contributed by atoms with van der Waals surface area (Å²) in [6, 6.07) is 15.9. The third kappa shape index (κ3) is 4.66. The van der Waals surface area contributed by atoms with Gasteiger partial charge in [0.2, 0.25) is 10.0 Å². The van der Waals surface area contributed by atoms with Gasteiger partial charge in [-0.15, -0.1) is 0 Å². The Morgan fingerprint density at radius 3 is 2.52 bits per heavy atom. The minimum atomic E-state index is -3.60. The van der Waals surface area contributed by atoms with Crippen LogP contribution in [-0.4, -0.2) is 82.1 Å². The van der Waals surface area contributed by atoms with Gasteiger partial charge in [-0.3, -0.25) is 4.90 Å². The minimum Gasteiger partial charge on any atom is -0.379 e. The van der Waals surface area contributed by atoms with Crippen LogP contribution in [0.5, 0.6) is 0 Å². The Morgan fingerprint density at radius 2 is 1.76 bits per heavy atom. The van der Waals surface area contributed by atoms with E-state index in [1.807, 2.05) is 30.3 Å². The van der Waals surface area contributed by atoms with E-state index in [4.69, 9.17) is 4.74 Å². The number of nitrogens with zero attached hydrogens (tertiary/aromatic N) is 3. The van der Waals surface area contributed by atoms with Crippen molar-refractivity contribution in [2.24, 2.45) is 0 Å². The molecule has 0 bridgehead atoms. The molecule has 7 nitrogen and oxygen atoms in total. The van der Waals surface area contributed by atoms with Crippen molar-refractivity contribution in [1.29, 1.82) is 0 Å². The molecule has 176 valence electrons. The van der Waals surface area contributed by atoms with Crippen LogP contribution in [-0.2, 0) is 14.8 Å². The molecule has 0 amide bonds. The zero-order valence-electron chi connectivity index (χ0n) is 19.2. The molecule has 2 aromatic carbocycles. The average molecular weight is 469 g/mol. The van der Waals surface area contributed by atoms with Crippen molar-refractivity contribution in [1.82, 2.24) is 14.2 Å². The smallest absolute Gasteiger partial charge is 0.242 e. The quantitative estimate of drug-likeness (QED) is 0.576. The van der Waals surface area contributed by atoms with Crippen LogP contribution in [0.25, 0.3) is 22.2 Å². The van der Waals surface area contributed by atoms with Crippen molar-refractivity contribution in [2.75, 3.05) is 64.4 Å². The average Bonchev–Trinajstić information content (AvgIpc) is 3.53. The second-order valence-corrected chi connectivity index (χ2v) is 11.0. The van der Waals surface area contributed by atoms with Crippen LogP contribution in [0.1, 0.15) is 12.8 Å². The number of benzene rings is 2. The number of aromatic nitrogens is 1. The number of rotatable bonds is 7. The molecule has 33 heavy (non-hydrogen) atoms. The molecule has 0 unspecified atom stereocenters. The number of likely N-dealkylation sites (N-methyl/N-ethyl adjacent to an activating group) is 1. The zero-order valence-corrected chi connectivity index (χ0v) is 20.0. The highest BCUT2D eigenvalue weighted by molar-refractivity contribution is 7.89. The van der Waals surface area contributed by atoms with E-state index in [9.17, 15) is 8.42 Å². The summed E-state index contributed by atoms with van der Waals surface area (Å²) >= 11 is 0. The summed E-state index contributed by atoms with van der Waals surface area (Å²) in [5.41, 5.74) is 4.03. The predicted octanol–water partition coefficient (Wildman–Crippen LogP) is 3.39. The number of hydrogen-bond donors (Lipinski definition) is 1. The molecule has 0 aliphatic carbocycles. The Bertz CT molecular complexity index is 1180. The number of morpholine rings is 1. The van der Waals surface area contributed by atoms with Crippen molar-refractivity contribution < 1.29 is 13.2 Å². The number of sulfonamides is 1. The first-order chi connectivity index (χ1) is 16.0. The molecule has 3 aromatic rings. The van der Waals surface area contributed by atoms with E-state index in [1.54, 1.807) is 13.1 Å². The number of para-hydroxylation sites is 1. The number of nitrogens with one attached hydrogen (secondary N) is 1. The number of anilines is 1. The summed E-state index contributed by atoms with van der Waals surface area (Å²) < 4.78 is 33.8. The lowest BCUT2D eigenvalue weighted by atomic mass is 10.1. The molecule has 1 aromatic heterocycles. The molecule has 2 aliphatic heterocycles. The fourth-order valence-electron chi connectivity index (χ4n) is 4.75. The fourth-order valence-corrected chi connectivity index (χ4v) is 5.94. The third-order valence-electron chi connectivity index (χ3n) is 6.78. The van der Waals surface area contributed by atoms with Crippen LogP contribution in [0.4, 0.5) is 5.69 Å². The third-order valence-corrected chi connectivity index (χ3v) is 8.63. The monoisotopic (exact) mass is 468 g/mol. The molecule has 0 spiro atoms. The highest BCUT2D eigenvalue weighted by atomic mass is 32.2. The lowest BCUT2D eigenvalue weighted by Gasteiger charge is -2.28. The largest absolute Gasteiger partial charge is 0.379 e. The van der Waals surface area contributed by atoms with Crippen LogP contribution in [0.3, 0.4) is 0 Å². The fraction of sp³-hybridized carbons (Fsp3) is 0.440. The van der Waals surface area contributed by atoms with Gasteiger partial charge in [0.05, 0.1) is 18.1 Å². The van der Waals surface area contributed by atoms with Crippen molar-refractivity contribution in [2.45, 2.75) is 17.7 Å². The first-order valence-electron chi connectivity index (χ1n) is 11.8. The van der Waals surface area contributed by atoms with Gasteiger partial charge in [0.15, 0.2) is 0 Å². The van der Waals surface area contributed by atoms with Crippen molar-refractivity contribution in [3.05, 3.63) is 48.5 Å². The zero-order chi connectivity index (χ0) is 22.8. The number of fused-ring (bicyclic) bond motifs is 1. The van der Waals surface area contributed by atoms with Gasteiger partial charge in [-0.1, -0.05) is 18.2 Å². The summed E-state index contributed by atoms with van der Waals surface area (Å²) in [5, 5.41) is 1.12. The van der Waals surface area contributed by atoms with Crippen LogP contribution in [0, 0.1) is 0 Å². The van der Waals surface area contributed by atoms with Crippen LogP contribution in [0.15, 0.2) is 53.4 Å². The van der Waals surface area contributed by atoms with Gasteiger partial charge in [0.1, 0.15) is 0 Å². The van der Waals surface area contributed by atoms with E-state index in [0.717, 1.165) is 66.9 Å². The van der Waals surface area contributed by atoms with E-state index < -0.39 is 10.0 Å². The van der Waals surface area contributed by atoms with Crippen LogP contribution >= 0.6 is 0 Å². The van der Waals surface area contributed by atoms with Gasteiger partial charge >= 0.3 is 0 Å². The van der Waals surface area contributed by atoms with E-state index in [0.29, 0.717) is 31.2 Å². The summed E-state index contributed by atoms with van der Waals surface area (Å²) in [4.78, 5) is 8.45. The summed E-state index contributed by atoms with van der Waals surface area (Å²) in [6.45, 7) is 6.28. The van der Waals surface area contributed by atoms with E-state index >= 15 is 0 Å². The Kier molecular flexibility index (Phi) is 6.42. The Labute approximate surface area is 196 Å². The molecular formula is C25H32N4O3S. The maximum Gasteiger partial charge on any atom is 0.242 e. The van der Waals surface area contributed by atoms with Gasteiger partial charge in [0.25, 0.3) is 0 Å². The van der Waals surface area contributed by atoms with E-state index in [-0.39, 0.29) is 0 Å². The minimum absolute atomic E-state index is 0.337. The first-order valence-corrected chi connectivity index (χ1v) is 13.2. The van der Waals surface area contributed by atoms with E-state index in [2.05, 4.69) is 26.9 Å². The first kappa shape index (κ1) is 22.4.